The van der Waals surface area contributed by atoms with Crippen molar-refractivity contribution < 1.29 is 49.0 Å². The fraction of sp³-hybridized carbons (Fsp3) is 0.846. The molecule has 0 saturated heterocycles. The van der Waals surface area contributed by atoms with Crippen molar-refractivity contribution in [2.45, 2.75) is 64.3 Å². The Morgan fingerprint density at radius 3 is 2.32 bits per heavy atom. The summed E-state index contributed by atoms with van der Waals surface area (Å²) in [6.45, 7) is 2.57. The van der Waals surface area contributed by atoms with Crippen molar-refractivity contribution in [1.82, 2.24) is 0 Å². The maximum absolute atomic E-state index is 11.2. The first kappa shape index (κ1) is 21.2. The van der Waals surface area contributed by atoms with Gasteiger partial charge in [-0.15, -0.1) is 0 Å². The van der Waals surface area contributed by atoms with Crippen LogP contribution in [0.1, 0.15) is 58.3 Å². The second-order valence-corrected chi connectivity index (χ2v) is 4.45. The largest absolute Gasteiger partial charge is 1.00 e. The normalized spacial score (nSPS) is 11.5. The molecule has 0 aliphatic heterocycles. The SMILES string of the molecule is CCCCCCCCOC(=O)CC[C@H](N)C(=O)[O-].[Na+]. The third-order valence-corrected chi connectivity index (χ3v) is 2.72. The summed E-state index contributed by atoms with van der Waals surface area (Å²) in [5.41, 5.74) is 5.22. The van der Waals surface area contributed by atoms with Crippen LogP contribution < -0.4 is 40.4 Å². The summed E-state index contributed by atoms with van der Waals surface area (Å²) in [5.74, 6) is -1.72. The standard InChI is InChI=1S/C13H25NO4.Na/c1-2-3-4-5-6-7-10-18-12(15)9-8-11(14)13(16)17;/h11H,2-10,14H2,1H3,(H,16,17);/q;+1/p-1/t11-;/m0./s1. The number of carbonyl (C=O) groups excluding carboxylic acids is 2. The molecule has 0 radical (unpaired) electrons. The topological polar surface area (TPSA) is 92.5 Å². The number of rotatable bonds is 11. The van der Waals surface area contributed by atoms with Crippen molar-refractivity contribution in [3.05, 3.63) is 0 Å². The summed E-state index contributed by atoms with van der Waals surface area (Å²) in [6, 6.07) is -1.09. The maximum Gasteiger partial charge on any atom is 1.00 e. The van der Waals surface area contributed by atoms with Gasteiger partial charge in [0.05, 0.1) is 12.6 Å². The molecule has 0 saturated carbocycles. The number of aliphatic carboxylic acids is 1. The number of hydrogen-bond donors (Lipinski definition) is 1. The third kappa shape index (κ3) is 14.1. The number of unbranched alkanes of at least 4 members (excludes halogenated alkanes) is 5. The van der Waals surface area contributed by atoms with E-state index < -0.39 is 12.0 Å². The minimum absolute atomic E-state index is 0. The molecule has 0 amide bonds. The van der Waals surface area contributed by atoms with Crippen LogP contribution in [0.4, 0.5) is 0 Å². The van der Waals surface area contributed by atoms with Crippen molar-refractivity contribution >= 4 is 11.9 Å². The first-order valence-electron chi connectivity index (χ1n) is 6.70. The van der Waals surface area contributed by atoms with Crippen LogP contribution in [0.3, 0.4) is 0 Å². The quantitative estimate of drug-likeness (QED) is 0.262. The van der Waals surface area contributed by atoms with Crippen LogP contribution in [0.5, 0.6) is 0 Å². The minimum Gasteiger partial charge on any atom is -0.548 e. The molecule has 0 rings (SSSR count). The van der Waals surface area contributed by atoms with Gasteiger partial charge >= 0.3 is 35.5 Å². The van der Waals surface area contributed by atoms with Crippen LogP contribution in [-0.4, -0.2) is 24.6 Å². The Bertz CT molecular complexity index is 249. The van der Waals surface area contributed by atoms with E-state index in [1.54, 1.807) is 0 Å². The zero-order valence-electron chi connectivity index (χ0n) is 12.2. The summed E-state index contributed by atoms with van der Waals surface area (Å²) in [6.07, 6.45) is 6.89. The Kier molecular flexibility index (Phi) is 16.0. The summed E-state index contributed by atoms with van der Waals surface area (Å²) in [5, 5.41) is 10.3. The molecule has 2 N–H and O–H groups in total. The first-order chi connectivity index (χ1) is 8.57. The second-order valence-electron chi connectivity index (χ2n) is 4.45. The van der Waals surface area contributed by atoms with Gasteiger partial charge in [0.15, 0.2) is 0 Å². The van der Waals surface area contributed by atoms with Crippen molar-refractivity contribution in [2.75, 3.05) is 6.61 Å². The van der Waals surface area contributed by atoms with E-state index in [9.17, 15) is 14.7 Å². The molecule has 0 spiro atoms. The Hall–Kier alpha value is -0.100. The summed E-state index contributed by atoms with van der Waals surface area (Å²) in [7, 11) is 0. The molecule has 6 heteroatoms. The van der Waals surface area contributed by atoms with Crippen molar-refractivity contribution in [3.8, 4) is 0 Å². The number of carboxylic acids is 1. The summed E-state index contributed by atoms with van der Waals surface area (Å²) >= 11 is 0. The number of nitrogens with two attached hydrogens (primary N) is 1. The van der Waals surface area contributed by atoms with E-state index in [2.05, 4.69) is 6.92 Å². The van der Waals surface area contributed by atoms with E-state index in [1.165, 1.54) is 25.7 Å². The zero-order chi connectivity index (χ0) is 13.8. The molecule has 0 fully saturated rings. The Labute approximate surface area is 137 Å². The molecule has 0 unspecified atom stereocenters. The monoisotopic (exact) mass is 281 g/mol. The van der Waals surface area contributed by atoms with E-state index in [0.29, 0.717) is 6.61 Å². The average molecular weight is 281 g/mol. The molecule has 5 nitrogen and oxygen atoms in total. The predicted octanol–water partition coefficient (Wildman–Crippen LogP) is -2.25. The summed E-state index contributed by atoms with van der Waals surface area (Å²) < 4.78 is 4.97. The molecular weight excluding hydrogens is 257 g/mol. The van der Waals surface area contributed by atoms with E-state index in [4.69, 9.17) is 10.5 Å². The Morgan fingerprint density at radius 2 is 1.74 bits per heavy atom. The second kappa shape index (κ2) is 14.3. The zero-order valence-corrected chi connectivity index (χ0v) is 14.2. The number of carbonyl (C=O) groups is 2. The predicted molar refractivity (Wildman–Crippen MR) is 66.6 cm³/mol. The van der Waals surface area contributed by atoms with Gasteiger partial charge in [0.1, 0.15) is 0 Å². The van der Waals surface area contributed by atoms with E-state index in [-0.39, 0.29) is 48.4 Å². The molecule has 106 valence electrons. The van der Waals surface area contributed by atoms with Crippen molar-refractivity contribution in [2.24, 2.45) is 5.73 Å². The summed E-state index contributed by atoms with van der Waals surface area (Å²) in [4.78, 5) is 21.5. The van der Waals surface area contributed by atoms with Gasteiger partial charge in [-0.2, -0.15) is 0 Å². The Balaban J connectivity index is 0. The number of carboxylic acid groups (broad SMARTS) is 1. The van der Waals surface area contributed by atoms with Crippen LogP contribution in [0.25, 0.3) is 0 Å². The first-order valence-corrected chi connectivity index (χ1v) is 6.70. The molecule has 0 aromatic heterocycles. The molecule has 0 aliphatic carbocycles. The fourth-order valence-electron chi connectivity index (χ4n) is 1.53. The van der Waals surface area contributed by atoms with Gasteiger partial charge in [-0.25, -0.2) is 0 Å². The number of hydrogen-bond acceptors (Lipinski definition) is 5. The number of esters is 1. The molecule has 1 atom stereocenters. The van der Waals surface area contributed by atoms with Crippen LogP contribution in [-0.2, 0) is 14.3 Å². The maximum atomic E-state index is 11.2. The van der Waals surface area contributed by atoms with Gasteiger partial charge in [0.25, 0.3) is 0 Å². The fourth-order valence-corrected chi connectivity index (χ4v) is 1.53. The number of ether oxygens (including phenoxy) is 1. The van der Waals surface area contributed by atoms with Crippen molar-refractivity contribution in [3.63, 3.8) is 0 Å². The van der Waals surface area contributed by atoms with Gasteiger partial charge in [-0.3, -0.25) is 4.79 Å². The average Bonchev–Trinajstić information content (AvgIpc) is 2.34. The third-order valence-electron chi connectivity index (χ3n) is 2.72. The molecule has 19 heavy (non-hydrogen) atoms. The van der Waals surface area contributed by atoms with Gasteiger partial charge in [0, 0.05) is 12.5 Å². The molecule has 0 aromatic carbocycles. The van der Waals surface area contributed by atoms with Crippen LogP contribution in [0.2, 0.25) is 0 Å². The van der Waals surface area contributed by atoms with Gasteiger partial charge in [0.2, 0.25) is 0 Å². The van der Waals surface area contributed by atoms with Crippen LogP contribution in [0.15, 0.2) is 0 Å². The molecule has 0 heterocycles. The van der Waals surface area contributed by atoms with Crippen molar-refractivity contribution in [1.29, 1.82) is 0 Å². The van der Waals surface area contributed by atoms with Gasteiger partial charge < -0.3 is 20.4 Å². The van der Waals surface area contributed by atoms with Gasteiger partial charge in [-0.1, -0.05) is 39.0 Å². The van der Waals surface area contributed by atoms with E-state index in [0.717, 1.165) is 12.8 Å². The molecule has 0 aromatic rings. The molecule has 0 bridgehead atoms. The molecule has 0 aliphatic rings. The Morgan fingerprint density at radius 1 is 1.16 bits per heavy atom. The van der Waals surface area contributed by atoms with Crippen LogP contribution in [0, 0.1) is 0 Å². The van der Waals surface area contributed by atoms with E-state index in [1.807, 2.05) is 0 Å². The minimum atomic E-state index is -1.33. The van der Waals surface area contributed by atoms with Gasteiger partial charge in [-0.05, 0) is 12.8 Å². The smallest absolute Gasteiger partial charge is 0.548 e. The van der Waals surface area contributed by atoms with Crippen LogP contribution >= 0.6 is 0 Å². The van der Waals surface area contributed by atoms with E-state index >= 15 is 0 Å². The molecular formula is C13H24NNaO4.